The lowest BCUT2D eigenvalue weighted by molar-refractivity contribution is 0.216. The SMILES string of the molecule is CN=C1NNC(C)O1. The van der Waals surface area contributed by atoms with E-state index in [1.807, 2.05) is 6.92 Å². The summed E-state index contributed by atoms with van der Waals surface area (Å²) in [7, 11) is 1.67. The maximum absolute atomic E-state index is 5.04. The summed E-state index contributed by atoms with van der Waals surface area (Å²) in [6, 6.07) is 0.553. The number of ether oxygens (including phenoxy) is 1. The van der Waals surface area contributed by atoms with Gasteiger partial charge in [0, 0.05) is 7.05 Å². The number of nitrogens with one attached hydrogen (secondary N) is 2. The summed E-state index contributed by atoms with van der Waals surface area (Å²) >= 11 is 0. The van der Waals surface area contributed by atoms with Crippen LogP contribution < -0.4 is 10.9 Å². The minimum atomic E-state index is 0.0358. The van der Waals surface area contributed by atoms with Crippen LogP contribution in [0, 0.1) is 0 Å². The molecule has 0 aromatic heterocycles. The monoisotopic (exact) mass is 115 g/mol. The standard InChI is InChI=1S/C4H9N3O/c1-3-6-7-4(5-2)8-3/h3,6H,1-2H3,(H,5,7). The van der Waals surface area contributed by atoms with Crippen molar-refractivity contribution in [3.8, 4) is 0 Å². The van der Waals surface area contributed by atoms with Crippen LogP contribution in [0.15, 0.2) is 4.99 Å². The summed E-state index contributed by atoms with van der Waals surface area (Å²) < 4.78 is 5.04. The van der Waals surface area contributed by atoms with E-state index in [2.05, 4.69) is 15.8 Å². The van der Waals surface area contributed by atoms with Gasteiger partial charge in [0.1, 0.15) is 0 Å². The predicted octanol–water partition coefficient (Wildman–Crippen LogP) is -0.557. The molecule has 1 rings (SSSR count). The van der Waals surface area contributed by atoms with Crippen LogP contribution in [0.4, 0.5) is 0 Å². The third-order valence-electron chi connectivity index (χ3n) is 0.874. The van der Waals surface area contributed by atoms with E-state index in [0.717, 1.165) is 0 Å². The first-order chi connectivity index (χ1) is 3.83. The van der Waals surface area contributed by atoms with Crippen molar-refractivity contribution in [2.24, 2.45) is 4.99 Å². The summed E-state index contributed by atoms with van der Waals surface area (Å²) in [4.78, 5) is 3.76. The Kier molecular flexibility index (Phi) is 1.34. The van der Waals surface area contributed by atoms with Gasteiger partial charge < -0.3 is 4.74 Å². The van der Waals surface area contributed by atoms with E-state index in [1.165, 1.54) is 0 Å². The van der Waals surface area contributed by atoms with Gasteiger partial charge in [-0.2, -0.15) is 5.43 Å². The van der Waals surface area contributed by atoms with E-state index in [1.54, 1.807) is 7.05 Å². The van der Waals surface area contributed by atoms with E-state index in [0.29, 0.717) is 6.02 Å². The topological polar surface area (TPSA) is 45.7 Å². The molecular formula is C4H9N3O. The zero-order valence-corrected chi connectivity index (χ0v) is 4.93. The van der Waals surface area contributed by atoms with E-state index < -0.39 is 0 Å². The highest BCUT2D eigenvalue weighted by Gasteiger charge is 2.12. The van der Waals surface area contributed by atoms with Crippen molar-refractivity contribution < 1.29 is 4.74 Å². The van der Waals surface area contributed by atoms with Crippen LogP contribution in [-0.2, 0) is 4.74 Å². The first-order valence-corrected chi connectivity index (χ1v) is 2.48. The molecule has 0 aromatic rings. The van der Waals surface area contributed by atoms with Gasteiger partial charge in [-0.15, -0.1) is 0 Å². The van der Waals surface area contributed by atoms with Crippen LogP contribution >= 0.6 is 0 Å². The molecule has 4 heteroatoms. The minimum Gasteiger partial charge on any atom is -0.444 e. The summed E-state index contributed by atoms with van der Waals surface area (Å²) in [6.45, 7) is 1.89. The number of hydrogen-bond donors (Lipinski definition) is 2. The van der Waals surface area contributed by atoms with Gasteiger partial charge in [-0.1, -0.05) is 0 Å². The van der Waals surface area contributed by atoms with Crippen molar-refractivity contribution >= 4 is 6.02 Å². The fourth-order valence-corrected chi connectivity index (χ4v) is 0.498. The molecule has 8 heavy (non-hydrogen) atoms. The van der Waals surface area contributed by atoms with Crippen LogP contribution in [-0.4, -0.2) is 19.3 Å². The van der Waals surface area contributed by atoms with E-state index >= 15 is 0 Å². The third kappa shape index (κ3) is 0.894. The highest BCUT2D eigenvalue weighted by molar-refractivity contribution is 5.74. The minimum absolute atomic E-state index is 0.0358. The molecule has 1 fully saturated rings. The van der Waals surface area contributed by atoms with E-state index in [4.69, 9.17) is 4.74 Å². The average Bonchev–Trinajstić information content (AvgIpc) is 2.14. The highest BCUT2D eigenvalue weighted by Crippen LogP contribution is 1.90. The second-order valence-electron chi connectivity index (χ2n) is 1.56. The Bertz CT molecular complexity index is 112. The molecule has 46 valence electrons. The maximum Gasteiger partial charge on any atom is 0.300 e. The lowest BCUT2D eigenvalue weighted by Gasteiger charge is -1.95. The third-order valence-corrected chi connectivity index (χ3v) is 0.874. The van der Waals surface area contributed by atoms with Gasteiger partial charge in [0.05, 0.1) is 0 Å². The van der Waals surface area contributed by atoms with E-state index in [9.17, 15) is 0 Å². The highest BCUT2D eigenvalue weighted by atomic mass is 16.5. The zero-order chi connectivity index (χ0) is 5.98. The molecule has 1 aliphatic heterocycles. The molecule has 1 aliphatic rings. The van der Waals surface area contributed by atoms with Gasteiger partial charge in [-0.25, -0.2) is 4.99 Å². The van der Waals surface area contributed by atoms with Crippen LogP contribution in [0.25, 0.3) is 0 Å². The summed E-state index contributed by atoms with van der Waals surface area (Å²) in [5, 5.41) is 0. The molecule has 2 N–H and O–H groups in total. The van der Waals surface area contributed by atoms with Crippen molar-refractivity contribution in [1.82, 2.24) is 10.9 Å². The van der Waals surface area contributed by atoms with Gasteiger partial charge in [-0.05, 0) is 6.92 Å². The van der Waals surface area contributed by atoms with Crippen LogP contribution in [0.5, 0.6) is 0 Å². The van der Waals surface area contributed by atoms with Crippen molar-refractivity contribution in [2.75, 3.05) is 7.05 Å². The van der Waals surface area contributed by atoms with Crippen molar-refractivity contribution in [2.45, 2.75) is 13.2 Å². The molecule has 1 atom stereocenters. The fourth-order valence-electron chi connectivity index (χ4n) is 0.498. The lowest BCUT2D eigenvalue weighted by Crippen LogP contribution is -2.29. The molecule has 0 amide bonds. The van der Waals surface area contributed by atoms with E-state index in [-0.39, 0.29) is 6.23 Å². The molecule has 0 aromatic carbocycles. The molecule has 4 nitrogen and oxygen atoms in total. The molecule has 0 spiro atoms. The van der Waals surface area contributed by atoms with Gasteiger partial charge in [0.2, 0.25) is 0 Å². The zero-order valence-electron chi connectivity index (χ0n) is 4.93. The van der Waals surface area contributed by atoms with Gasteiger partial charge in [0.15, 0.2) is 6.23 Å². The number of hydrazine groups is 1. The summed E-state index contributed by atoms with van der Waals surface area (Å²) in [5.41, 5.74) is 5.55. The van der Waals surface area contributed by atoms with Crippen molar-refractivity contribution in [3.63, 3.8) is 0 Å². The van der Waals surface area contributed by atoms with Gasteiger partial charge in [0.25, 0.3) is 0 Å². The first kappa shape index (κ1) is 5.37. The average molecular weight is 115 g/mol. The number of amidine groups is 1. The van der Waals surface area contributed by atoms with Crippen molar-refractivity contribution in [1.29, 1.82) is 0 Å². The normalized spacial score (nSPS) is 32.2. The van der Waals surface area contributed by atoms with Crippen LogP contribution in [0.3, 0.4) is 0 Å². The lowest BCUT2D eigenvalue weighted by atomic mass is 10.7. The Morgan fingerprint density at radius 3 is 2.75 bits per heavy atom. The molecule has 0 radical (unpaired) electrons. The molecule has 1 heterocycles. The smallest absolute Gasteiger partial charge is 0.300 e. The second-order valence-corrected chi connectivity index (χ2v) is 1.56. The molecular weight excluding hydrogens is 106 g/mol. The Balaban J connectivity index is 2.44. The largest absolute Gasteiger partial charge is 0.444 e. The molecule has 0 bridgehead atoms. The Hall–Kier alpha value is -0.770. The summed E-state index contributed by atoms with van der Waals surface area (Å²) in [6.07, 6.45) is 0.0358. The molecule has 1 saturated heterocycles. The number of rotatable bonds is 0. The van der Waals surface area contributed by atoms with Crippen LogP contribution in [0.1, 0.15) is 6.92 Å². The number of nitrogens with zero attached hydrogens (tertiary/aromatic N) is 1. The quantitative estimate of drug-likeness (QED) is 0.445. The van der Waals surface area contributed by atoms with Gasteiger partial charge in [-0.3, -0.25) is 5.43 Å². The summed E-state index contributed by atoms with van der Waals surface area (Å²) in [5.74, 6) is 0. The predicted molar refractivity (Wildman–Crippen MR) is 30.2 cm³/mol. The second kappa shape index (κ2) is 2.00. The Labute approximate surface area is 47.9 Å². The van der Waals surface area contributed by atoms with Gasteiger partial charge >= 0.3 is 6.02 Å². The molecule has 0 aliphatic carbocycles. The maximum atomic E-state index is 5.04. The molecule has 0 saturated carbocycles. The number of hydrogen-bond acceptors (Lipinski definition) is 3. The van der Waals surface area contributed by atoms with Crippen LogP contribution in [0.2, 0.25) is 0 Å². The van der Waals surface area contributed by atoms with Crippen molar-refractivity contribution in [3.05, 3.63) is 0 Å². The fraction of sp³-hybridized carbons (Fsp3) is 0.750. The Morgan fingerprint density at radius 1 is 1.75 bits per heavy atom. The molecule has 1 unspecified atom stereocenters. The number of aliphatic imine (C=N–C) groups is 1. The Morgan fingerprint density at radius 2 is 2.50 bits per heavy atom. The first-order valence-electron chi connectivity index (χ1n) is 2.48.